The summed E-state index contributed by atoms with van der Waals surface area (Å²) in [6.45, 7) is 12.5. The fourth-order valence-corrected chi connectivity index (χ4v) is 7.67. The van der Waals surface area contributed by atoms with Gasteiger partial charge in [-0.15, -0.1) is 0 Å². The van der Waals surface area contributed by atoms with Crippen molar-refractivity contribution in [1.29, 1.82) is 0 Å². The highest BCUT2D eigenvalue weighted by molar-refractivity contribution is 4.96. The molecule has 1 aliphatic heterocycles. The topological polar surface area (TPSA) is 21.7 Å². The molecule has 1 heterocycles. The van der Waals surface area contributed by atoms with Crippen molar-refractivity contribution in [2.24, 2.45) is 11.8 Å². The van der Waals surface area contributed by atoms with Crippen LogP contribution in [0.15, 0.2) is 48.6 Å². The zero-order chi connectivity index (χ0) is 38.0. The first kappa shape index (κ1) is 48.9. The Morgan fingerprint density at radius 1 is 0.538 bits per heavy atom. The zero-order valence-electron chi connectivity index (χ0n) is 36.2. The Labute approximate surface area is 326 Å². The van der Waals surface area contributed by atoms with Crippen molar-refractivity contribution < 1.29 is 9.47 Å². The Morgan fingerprint density at radius 2 is 1.04 bits per heavy atom. The molecule has 1 fully saturated rings. The highest BCUT2D eigenvalue weighted by Gasteiger charge is 2.43. The van der Waals surface area contributed by atoms with Crippen LogP contribution in [0.4, 0.5) is 0 Å². The SMILES string of the molecule is CCCCC/C=C\C/C=C\CCCCCCCC1OC(C)(CCN(C)C)OC1CCCCCCC(/C=C\C/C=C\CCCCC)CCC(C)CCC. The third-order valence-corrected chi connectivity index (χ3v) is 11.1. The van der Waals surface area contributed by atoms with Gasteiger partial charge in [0.25, 0.3) is 0 Å². The summed E-state index contributed by atoms with van der Waals surface area (Å²) in [7, 11) is 4.29. The number of allylic oxidation sites excluding steroid dienone is 8. The number of rotatable bonds is 36. The van der Waals surface area contributed by atoms with Crippen molar-refractivity contribution in [2.45, 2.75) is 232 Å². The maximum atomic E-state index is 6.72. The first-order valence-corrected chi connectivity index (χ1v) is 22.9. The molecule has 0 aliphatic carbocycles. The summed E-state index contributed by atoms with van der Waals surface area (Å²) in [5.41, 5.74) is 0. The van der Waals surface area contributed by atoms with Gasteiger partial charge in [0.05, 0.1) is 12.2 Å². The van der Waals surface area contributed by atoms with E-state index >= 15 is 0 Å². The molecule has 52 heavy (non-hydrogen) atoms. The fourth-order valence-electron chi connectivity index (χ4n) is 7.67. The van der Waals surface area contributed by atoms with Crippen molar-refractivity contribution in [3.8, 4) is 0 Å². The van der Waals surface area contributed by atoms with Gasteiger partial charge in [-0.25, -0.2) is 0 Å². The molecule has 0 aromatic rings. The Bertz CT molecular complexity index is 890. The summed E-state index contributed by atoms with van der Waals surface area (Å²) in [6, 6.07) is 0. The smallest absolute Gasteiger partial charge is 0.167 e. The molecule has 3 nitrogen and oxygen atoms in total. The van der Waals surface area contributed by atoms with Crippen LogP contribution in [0.5, 0.6) is 0 Å². The predicted molar refractivity (Wildman–Crippen MR) is 232 cm³/mol. The summed E-state index contributed by atoms with van der Waals surface area (Å²) < 4.78 is 13.4. The lowest BCUT2D eigenvalue weighted by Crippen LogP contribution is -2.31. The summed E-state index contributed by atoms with van der Waals surface area (Å²) in [6.07, 6.45) is 55.4. The van der Waals surface area contributed by atoms with Gasteiger partial charge in [-0.05, 0) is 110 Å². The number of hydrogen-bond acceptors (Lipinski definition) is 3. The summed E-state index contributed by atoms with van der Waals surface area (Å²) >= 11 is 0. The second kappa shape index (κ2) is 34.3. The molecule has 0 bridgehead atoms. The molecule has 0 aromatic carbocycles. The van der Waals surface area contributed by atoms with Crippen LogP contribution in [0.2, 0.25) is 0 Å². The third kappa shape index (κ3) is 28.3. The van der Waals surface area contributed by atoms with Crippen LogP contribution < -0.4 is 0 Å². The van der Waals surface area contributed by atoms with Crippen molar-refractivity contribution in [3.63, 3.8) is 0 Å². The van der Waals surface area contributed by atoms with Gasteiger partial charge < -0.3 is 14.4 Å². The van der Waals surface area contributed by atoms with Gasteiger partial charge in [-0.1, -0.05) is 173 Å². The molecular formula is C49H91NO2. The van der Waals surface area contributed by atoms with Gasteiger partial charge in [0.15, 0.2) is 5.79 Å². The number of nitrogens with zero attached hydrogens (tertiary/aromatic N) is 1. The average Bonchev–Trinajstić information content (AvgIpc) is 3.45. The second-order valence-corrected chi connectivity index (χ2v) is 16.9. The van der Waals surface area contributed by atoms with Crippen LogP contribution in [0.3, 0.4) is 0 Å². The summed E-state index contributed by atoms with van der Waals surface area (Å²) in [4.78, 5) is 2.25. The molecule has 304 valence electrons. The van der Waals surface area contributed by atoms with Crippen molar-refractivity contribution in [2.75, 3.05) is 20.6 Å². The van der Waals surface area contributed by atoms with Crippen molar-refractivity contribution in [1.82, 2.24) is 4.90 Å². The first-order chi connectivity index (χ1) is 25.3. The van der Waals surface area contributed by atoms with Crippen LogP contribution in [0.25, 0.3) is 0 Å². The van der Waals surface area contributed by atoms with Crippen LogP contribution in [0.1, 0.15) is 214 Å². The molecule has 5 unspecified atom stereocenters. The molecule has 1 aliphatic rings. The van der Waals surface area contributed by atoms with Crippen LogP contribution >= 0.6 is 0 Å². The maximum Gasteiger partial charge on any atom is 0.167 e. The number of hydrogen-bond donors (Lipinski definition) is 0. The molecule has 1 rings (SSSR count). The highest BCUT2D eigenvalue weighted by Crippen LogP contribution is 2.36. The van der Waals surface area contributed by atoms with Crippen LogP contribution in [-0.2, 0) is 9.47 Å². The molecular weight excluding hydrogens is 635 g/mol. The molecule has 5 atom stereocenters. The maximum absolute atomic E-state index is 6.72. The van der Waals surface area contributed by atoms with E-state index in [9.17, 15) is 0 Å². The van der Waals surface area contributed by atoms with E-state index in [2.05, 4.69) is 102 Å². The fraction of sp³-hybridized carbons (Fsp3) is 0.837. The first-order valence-electron chi connectivity index (χ1n) is 22.9. The van der Waals surface area contributed by atoms with Gasteiger partial charge in [0, 0.05) is 13.0 Å². The Kier molecular flexibility index (Phi) is 32.3. The Hall–Kier alpha value is -1.16. The molecule has 0 saturated carbocycles. The molecule has 0 N–H and O–H groups in total. The second-order valence-electron chi connectivity index (χ2n) is 16.9. The molecule has 0 spiro atoms. The third-order valence-electron chi connectivity index (χ3n) is 11.1. The average molecular weight is 726 g/mol. The minimum Gasteiger partial charge on any atom is -0.344 e. The van der Waals surface area contributed by atoms with E-state index in [1.807, 2.05) is 0 Å². The predicted octanol–water partition coefficient (Wildman–Crippen LogP) is 15.5. The van der Waals surface area contributed by atoms with Gasteiger partial charge >= 0.3 is 0 Å². The van der Waals surface area contributed by atoms with Crippen molar-refractivity contribution >= 4 is 0 Å². The lowest BCUT2D eigenvalue weighted by Gasteiger charge is -2.25. The summed E-state index contributed by atoms with van der Waals surface area (Å²) in [5, 5.41) is 0. The molecule has 0 amide bonds. The van der Waals surface area contributed by atoms with E-state index < -0.39 is 5.79 Å². The largest absolute Gasteiger partial charge is 0.344 e. The van der Waals surface area contributed by atoms with E-state index in [4.69, 9.17) is 9.47 Å². The summed E-state index contributed by atoms with van der Waals surface area (Å²) in [5.74, 6) is 1.16. The van der Waals surface area contributed by atoms with E-state index in [1.54, 1.807) is 0 Å². The van der Waals surface area contributed by atoms with Gasteiger partial charge in [0.1, 0.15) is 0 Å². The lowest BCUT2D eigenvalue weighted by molar-refractivity contribution is -0.168. The minimum atomic E-state index is -0.435. The number of unbranched alkanes of at least 4 members (excludes halogenated alkanes) is 14. The lowest BCUT2D eigenvalue weighted by atomic mass is 9.90. The number of ether oxygens (including phenoxy) is 2. The van der Waals surface area contributed by atoms with Crippen molar-refractivity contribution in [3.05, 3.63) is 48.6 Å². The minimum absolute atomic E-state index is 0.253. The highest BCUT2D eigenvalue weighted by atomic mass is 16.8. The molecule has 0 aromatic heterocycles. The monoisotopic (exact) mass is 726 g/mol. The van der Waals surface area contributed by atoms with E-state index in [0.29, 0.717) is 0 Å². The Morgan fingerprint density at radius 3 is 1.58 bits per heavy atom. The quantitative estimate of drug-likeness (QED) is 0.0474. The van der Waals surface area contributed by atoms with Crippen LogP contribution in [0, 0.1) is 11.8 Å². The van der Waals surface area contributed by atoms with E-state index in [-0.39, 0.29) is 12.2 Å². The molecule has 3 heteroatoms. The normalized spacial score (nSPS) is 20.9. The molecule has 1 saturated heterocycles. The molecule has 0 radical (unpaired) electrons. The zero-order valence-corrected chi connectivity index (χ0v) is 36.2. The van der Waals surface area contributed by atoms with Gasteiger partial charge in [0.2, 0.25) is 0 Å². The van der Waals surface area contributed by atoms with Gasteiger partial charge in [-0.3, -0.25) is 0 Å². The standard InChI is InChI=1S/C49H91NO2/c1-8-11-13-15-17-19-20-21-22-23-24-25-27-29-34-39-47-48(52-49(5,51-47)43-44-50(6)7)40-35-31-30-33-38-46(42-41-45(4)36-10-3)37-32-28-26-18-16-14-12-9-2/h17-19,21-22,26,32,37,45-48H,8-16,20,23-25,27-31,33-36,38-44H2,1-7H3/b19-17-,22-21-,26-18-,37-32-. The van der Waals surface area contributed by atoms with Crippen LogP contribution in [-0.4, -0.2) is 43.5 Å². The van der Waals surface area contributed by atoms with Gasteiger partial charge in [-0.2, -0.15) is 0 Å². The van der Waals surface area contributed by atoms with E-state index in [0.717, 1.165) is 50.5 Å². The van der Waals surface area contributed by atoms with E-state index in [1.165, 1.54) is 148 Å². The Balaban J connectivity index is 2.42.